The standard InChI is InChI=1S/C72H122O6/c1-4-7-10-13-16-19-22-25-27-29-31-33-35-36-38-39-41-43-45-47-50-53-56-59-62-65-71(74)77-68-69(67-76-70(73)64-61-58-55-52-49-24-21-18-15-12-9-6-3)78-72(75)66-63-60-57-54-51-48-46-44-42-40-37-34-32-30-28-26-23-20-17-14-11-8-5-2/h7,10,16,19,23,25-27,30-33,36-38,40-41,43,69H,4-6,8-9,11-15,17-18,20-22,24,28-29,34-35,39,42,44-68H2,1-3H3/b10-7-,19-16-,26-23-,27-25-,32-30-,33-31-,38-36-,40-37-,43-41-. The lowest BCUT2D eigenvalue weighted by Crippen LogP contribution is -2.30. The third-order valence-corrected chi connectivity index (χ3v) is 14.0. The Kier molecular flexibility index (Phi) is 62.3. The van der Waals surface area contributed by atoms with E-state index in [0.29, 0.717) is 19.3 Å². The van der Waals surface area contributed by atoms with Crippen molar-refractivity contribution in [2.45, 2.75) is 316 Å². The Balaban J connectivity index is 4.37. The Morgan fingerprint density at radius 3 is 0.782 bits per heavy atom. The molecule has 6 nitrogen and oxygen atoms in total. The number of carbonyl (C=O) groups is 3. The smallest absolute Gasteiger partial charge is 0.306 e. The van der Waals surface area contributed by atoms with Crippen molar-refractivity contribution >= 4 is 17.9 Å². The highest BCUT2D eigenvalue weighted by Crippen LogP contribution is 2.16. The number of unbranched alkanes of at least 4 members (excludes halogenated alkanes) is 30. The molecule has 0 aliphatic carbocycles. The fourth-order valence-electron chi connectivity index (χ4n) is 9.10. The fourth-order valence-corrected chi connectivity index (χ4v) is 9.10. The summed E-state index contributed by atoms with van der Waals surface area (Å²) in [4.78, 5) is 38.3. The first-order valence-electron chi connectivity index (χ1n) is 32.9. The molecule has 446 valence electrons. The number of hydrogen-bond donors (Lipinski definition) is 0. The van der Waals surface area contributed by atoms with E-state index < -0.39 is 6.10 Å². The molecule has 0 spiro atoms. The molecule has 0 saturated carbocycles. The molecular weight excluding hydrogens is 961 g/mol. The first-order chi connectivity index (χ1) is 38.5. The van der Waals surface area contributed by atoms with Crippen LogP contribution in [0.3, 0.4) is 0 Å². The van der Waals surface area contributed by atoms with Crippen molar-refractivity contribution < 1.29 is 28.6 Å². The zero-order valence-corrected chi connectivity index (χ0v) is 51.2. The molecule has 0 radical (unpaired) electrons. The van der Waals surface area contributed by atoms with E-state index in [0.717, 1.165) is 128 Å². The average Bonchev–Trinajstić information content (AvgIpc) is 3.44. The minimum absolute atomic E-state index is 0.0846. The van der Waals surface area contributed by atoms with Gasteiger partial charge in [0.1, 0.15) is 13.2 Å². The van der Waals surface area contributed by atoms with Crippen LogP contribution in [0.4, 0.5) is 0 Å². The van der Waals surface area contributed by atoms with Crippen LogP contribution in [0.25, 0.3) is 0 Å². The van der Waals surface area contributed by atoms with Gasteiger partial charge in [0.05, 0.1) is 0 Å². The molecule has 0 bridgehead atoms. The van der Waals surface area contributed by atoms with Gasteiger partial charge < -0.3 is 14.2 Å². The molecule has 0 aliphatic heterocycles. The minimum Gasteiger partial charge on any atom is -0.462 e. The van der Waals surface area contributed by atoms with E-state index in [4.69, 9.17) is 14.2 Å². The van der Waals surface area contributed by atoms with Gasteiger partial charge in [-0.25, -0.2) is 0 Å². The van der Waals surface area contributed by atoms with Crippen LogP contribution >= 0.6 is 0 Å². The number of rotatable bonds is 59. The van der Waals surface area contributed by atoms with Crippen molar-refractivity contribution in [1.82, 2.24) is 0 Å². The molecule has 1 atom stereocenters. The van der Waals surface area contributed by atoms with Crippen LogP contribution in [0.5, 0.6) is 0 Å². The second-order valence-corrected chi connectivity index (χ2v) is 21.6. The highest BCUT2D eigenvalue weighted by molar-refractivity contribution is 5.71. The zero-order valence-electron chi connectivity index (χ0n) is 51.2. The van der Waals surface area contributed by atoms with E-state index in [1.165, 1.54) is 141 Å². The molecule has 0 aliphatic rings. The third-order valence-electron chi connectivity index (χ3n) is 14.0. The van der Waals surface area contributed by atoms with Gasteiger partial charge in [0.15, 0.2) is 6.10 Å². The predicted octanol–water partition coefficient (Wildman–Crippen LogP) is 22.6. The van der Waals surface area contributed by atoms with Crippen LogP contribution in [0.15, 0.2) is 109 Å². The van der Waals surface area contributed by atoms with Crippen LogP contribution < -0.4 is 0 Å². The van der Waals surface area contributed by atoms with E-state index in [2.05, 4.69) is 130 Å². The normalized spacial score (nSPS) is 12.8. The Morgan fingerprint density at radius 2 is 0.500 bits per heavy atom. The topological polar surface area (TPSA) is 78.9 Å². The van der Waals surface area contributed by atoms with Crippen LogP contribution in [0, 0.1) is 0 Å². The van der Waals surface area contributed by atoms with Gasteiger partial charge in [0.25, 0.3) is 0 Å². The van der Waals surface area contributed by atoms with E-state index in [1.54, 1.807) is 0 Å². The summed E-state index contributed by atoms with van der Waals surface area (Å²) < 4.78 is 16.9. The van der Waals surface area contributed by atoms with Gasteiger partial charge in [0, 0.05) is 19.3 Å². The van der Waals surface area contributed by atoms with Crippen LogP contribution in [-0.2, 0) is 28.6 Å². The van der Waals surface area contributed by atoms with E-state index in [-0.39, 0.29) is 31.1 Å². The molecule has 0 amide bonds. The van der Waals surface area contributed by atoms with Crippen LogP contribution in [0.2, 0.25) is 0 Å². The zero-order chi connectivity index (χ0) is 56.4. The first-order valence-corrected chi connectivity index (χ1v) is 32.9. The summed E-state index contributed by atoms with van der Waals surface area (Å²) in [6.07, 6.45) is 89.5. The Hall–Kier alpha value is -3.93. The van der Waals surface area contributed by atoms with Gasteiger partial charge in [-0.2, -0.15) is 0 Å². The Labute approximate surface area is 482 Å². The monoisotopic (exact) mass is 1080 g/mol. The van der Waals surface area contributed by atoms with Crippen molar-refractivity contribution in [1.29, 1.82) is 0 Å². The number of ether oxygens (including phenoxy) is 3. The molecule has 6 heteroatoms. The van der Waals surface area contributed by atoms with E-state index in [1.807, 2.05) is 0 Å². The van der Waals surface area contributed by atoms with Gasteiger partial charge >= 0.3 is 17.9 Å². The molecule has 0 aromatic carbocycles. The minimum atomic E-state index is -0.790. The summed E-state index contributed by atoms with van der Waals surface area (Å²) >= 11 is 0. The molecule has 0 aromatic rings. The molecule has 0 N–H and O–H groups in total. The van der Waals surface area contributed by atoms with Crippen molar-refractivity contribution in [3.05, 3.63) is 109 Å². The summed E-state index contributed by atoms with van der Waals surface area (Å²) in [6, 6.07) is 0. The van der Waals surface area contributed by atoms with Crippen molar-refractivity contribution in [3.63, 3.8) is 0 Å². The molecule has 0 heterocycles. The molecule has 0 rings (SSSR count). The van der Waals surface area contributed by atoms with Crippen molar-refractivity contribution in [3.8, 4) is 0 Å². The van der Waals surface area contributed by atoms with Gasteiger partial charge in [0.2, 0.25) is 0 Å². The van der Waals surface area contributed by atoms with E-state index in [9.17, 15) is 14.4 Å². The molecule has 0 aromatic heterocycles. The van der Waals surface area contributed by atoms with Crippen molar-refractivity contribution in [2.75, 3.05) is 13.2 Å². The summed E-state index contributed by atoms with van der Waals surface area (Å²) in [5.74, 6) is -0.899. The predicted molar refractivity (Wildman–Crippen MR) is 339 cm³/mol. The highest BCUT2D eigenvalue weighted by Gasteiger charge is 2.19. The molecule has 0 saturated heterocycles. The molecule has 1 unspecified atom stereocenters. The lowest BCUT2D eigenvalue weighted by Gasteiger charge is -2.18. The largest absolute Gasteiger partial charge is 0.462 e. The second kappa shape index (κ2) is 65.6. The number of esters is 3. The SMILES string of the molecule is CC/C=C\C/C=C\C/C=C\C/C=C\C/C=C\C/C=C\CCCCCCCCC(=O)OCC(COC(=O)CCCCCCCCCCCCCC)OC(=O)CCCCCCCCCC/C=C\C/C=C\C/C=C\CCCCCCC. The second-order valence-electron chi connectivity index (χ2n) is 21.6. The third kappa shape index (κ3) is 62.9. The van der Waals surface area contributed by atoms with Gasteiger partial charge in [-0.3, -0.25) is 14.4 Å². The first kappa shape index (κ1) is 74.1. The molecular formula is C72H122O6. The maximum atomic E-state index is 12.9. The highest BCUT2D eigenvalue weighted by atomic mass is 16.6. The summed E-state index contributed by atoms with van der Waals surface area (Å²) in [6.45, 7) is 6.52. The number of hydrogen-bond acceptors (Lipinski definition) is 6. The number of allylic oxidation sites excluding steroid dienone is 18. The summed E-state index contributed by atoms with van der Waals surface area (Å²) in [5, 5.41) is 0. The Bertz CT molecular complexity index is 1570. The maximum Gasteiger partial charge on any atom is 0.306 e. The molecule has 0 fully saturated rings. The van der Waals surface area contributed by atoms with Crippen molar-refractivity contribution in [2.24, 2.45) is 0 Å². The number of carbonyl (C=O) groups excluding carboxylic acids is 3. The summed E-state index contributed by atoms with van der Waals surface area (Å²) in [5.41, 5.74) is 0. The van der Waals surface area contributed by atoms with Gasteiger partial charge in [-0.05, 0) is 109 Å². The quantitative estimate of drug-likeness (QED) is 0.0261. The van der Waals surface area contributed by atoms with E-state index >= 15 is 0 Å². The maximum absolute atomic E-state index is 12.9. The fraction of sp³-hybridized carbons (Fsp3) is 0.708. The Morgan fingerprint density at radius 1 is 0.269 bits per heavy atom. The van der Waals surface area contributed by atoms with Crippen LogP contribution in [0.1, 0.15) is 310 Å². The summed E-state index contributed by atoms with van der Waals surface area (Å²) in [7, 11) is 0. The lowest BCUT2D eigenvalue weighted by atomic mass is 10.0. The molecule has 78 heavy (non-hydrogen) atoms. The average molecular weight is 1080 g/mol. The lowest BCUT2D eigenvalue weighted by molar-refractivity contribution is -0.167. The van der Waals surface area contributed by atoms with Gasteiger partial charge in [-0.15, -0.1) is 0 Å². The van der Waals surface area contributed by atoms with Gasteiger partial charge in [-0.1, -0.05) is 291 Å². The van der Waals surface area contributed by atoms with Crippen LogP contribution in [-0.4, -0.2) is 37.2 Å².